The van der Waals surface area contributed by atoms with Crippen molar-refractivity contribution < 1.29 is 18.3 Å². The number of nitrogens with one attached hydrogen (secondary N) is 1. The van der Waals surface area contributed by atoms with Gasteiger partial charge in [0.05, 0.1) is 11.8 Å². The molecule has 2 aromatic carbocycles. The topological polar surface area (TPSA) is 74.3 Å². The van der Waals surface area contributed by atoms with Crippen LogP contribution < -0.4 is 9.64 Å². The van der Waals surface area contributed by atoms with E-state index < -0.39 is 6.61 Å². The maximum absolute atomic E-state index is 12.8. The van der Waals surface area contributed by atoms with Gasteiger partial charge in [-0.15, -0.1) is 0 Å². The molecule has 1 fully saturated rings. The molecule has 0 saturated carbocycles. The monoisotopic (exact) mass is 477 g/mol. The van der Waals surface area contributed by atoms with Gasteiger partial charge < -0.3 is 19.5 Å². The number of anilines is 1. The molecule has 1 aliphatic heterocycles. The van der Waals surface area contributed by atoms with Gasteiger partial charge in [-0.2, -0.15) is 8.78 Å². The van der Waals surface area contributed by atoms with Crippen LogP contribution in [0.5, 0.6) is 5.75 Å². The molecule has 1 amide bonds. The second-order valence-electron chi connectivity index (χ2n) is 8.58. The lowest BCUT2D eigenvalue weighted by Crippen LogP contribution is -2.49. The Balaban J connectivity index is 1.24. The predicted octanol–water partition coefficient (Wildman–Crippen LogP) is 4.43. The summed E-state index contributed by atoms with van der Waals surface area (Å²) in [4.78, 5) is 29.1. The maximum Gasteiger partial charge on any atom is 0.387 e. The predicted molar refractivity (Wildman–Crippen MR) is 130 cm³/mol. The summed E-state index contributed by atoms with van der Waals surface area (Å²) in [5.41, 5.74) is 4.82. The molecule has 0 aliphatic carbocycles. The Labute approximate surface area is 201 Å². The Bertz CT molecular complexity index is 1310. The van der Waals surface area contributed by atoms with Crippen LogP contribution in [0.1, 0.15) is 11.1 Å². The van der Waals surface area contributed by atoms with Gasteiger partial charge >= 0.3 is 6.61 Å². The number of rotatable bonds is 6. The zero-order chi connectivity index (χ0) is 24.4. The van der Waals surface area contributed by atoms with Crippen LogP contribution in [0.25, 0.3) is 22.3 Å². The van der Waals surface area contributed by atoms with E-state index in [4.69, 9.17) is 0 Å². The first-order valence-electron chi connectivity index (χ1n) is 11.4. The zero-order valence-electron chi connectivity index (χ0n) is 19.2. The molecule has 5 rings (SSSR count). The van der Waals surface area contributed by atoms with Crippen LogP contribution in [0.4, 0.5) is 14.6 Å². The van der Waals surface area contributed by atoms with E-state index in [0.717, 1.165) is 33.7 Å². The van der Waals surface area contributed by atoms with Crippen molar-refractivity contribution in [3.63, 3.8) is 0 Å². The van der Waals surface area contributed by atoms with Gasteiger partial charge in [0.2, 0.25) is 5.91 Å². The summed E-state index contributed by atoms with van der Waals surface area (Å²) < 4.78 is 29.0. The number of piperazine rings is 1. The molecule has 4 aromatic rings. The molecule has 0 unspecified atom stereocenters. The average molecular weight is 478 g/mol. The second kappa shape index (κ2) is 9.69. The van der Waals surface area contributed by atoms with Gasteiger partial charge in [-0.1, -0.05) is 42.0 Å². The molecular formula is C26H25F2N5O2. The van der Waals surface area contributed by atoms with E-state index in [2.05, 4.69) is 61.8 Å². The van der Waals surface area contributed by atoms with Crippen molar-refractivity contribution in [2.24, 2.45) is 0 Å². The van der Waals surface area contributed by atoms with Crippen molar-refractivity contribution in [3.05, 3.63) is 72.1 Å². The summed E-state index contributed by atoms with van der Waals surface area (Å²) in [5, 5.41) is 0.953. The van der Waals surface area contributed by atoms with Gasteiger partial charge in [0.15, 0.2) is 0 Å². The van der Waals surface area contributed by atoms with Gasteiger partial charge in [0, 0.05) is 31.9 Å². The fraction of sp³-hybridized carbons (Fsp3) is 0.269. The van der Waals surface area contributed by atoms with E-state index in [1.807, 2.05) is 4.90 Å². The summed E-state index contributed by atoms with van der Waals surface area (Å²) in [6, 6.07) is 16.6. The van der Waals surface area contributed by atoms with E-state index in [-0.39, 0.29) is 18.1 Å². The summed E-state index contributed by atoms with van der Waals surface area (Å²) >= 11 is 0. The van der Waals surface area contributed by atoms with E-state index >= 15 is 0 Å². The highest BCUT2D eigenvalue weighted by atomic mass is 19.3. The number of hydrogen-bond acceptors (Lipinski definition) is 5. The number of aromatic amines is 1. The van der Waals surface area contributed by atoms with Gasteiger partial charge in [-0.3, -0.25) is 4.79 Å². The summed E-state index contributed by atoms with van der Waals surface area (Å²) in [7, 11) is 0. The smallest absolute Gasteiger partial charge is 0.387 e. The number of aromatic nitrogens is 3. The molecule has 0 atom stereocenters. The molecule has 0 spiro atoms. The number of fused-ring (bicyclic) bond motifs is 1. The second-order valence-corrected chi connectivity index (χ2v) is 8.58. The lowest BCUT2D eigenvalue weighted by molar-refractivity contribution is -0.130. The van der Waals surface area contributed by atoms with Gasteiger partial charge in [0.25, 0.3) is 0 Å². The third kappa shape index (κ3) is 5.08. The first kappa shape index (κ1) is 22.8. The molecule has 0 bridgehead atoms. The van der Waals surface area contributed by atoms with Crippen molar-refractivity contribution in [1.29, 1.82) is 0 Å². The van der Waals surface area contributed by atoms with Crippen LogP contribution >= 0.6 is 0 Å². The van der Waals surface area contributed by atoms with Gasteiger partial charge in [0.1, 0.15) is 23.5 Å². The van der Waals surface area contributed by atoms with Crippen molar-refractivity contribution in [2.45, 2.75) is 20.0 Å². The highest BCUT2D eigenvalue weighted by Crippen LogP contribution is 2.29. The normalized spacial score (nSPS) is 14.1. The number of benzene rings is 2. The quantitative estimate of drug-likeness (QED) is 0.445. The largest absolute Gasteiger partial charge is 0.435 e. The number of H-pyrrole nitrogens is 1. The first-order chi connectivity index (χ1) is 17.0. The number of ether oxygens (including phenoxy) is 1. The molecule has 3 heterocycles. The Morgan fingerprint density at radius 2 is 1.74 bits per heavy atom. The SMILES string of the molecule is Cc1ccc(-c2cc3c(N4CCN(C(=O)Cc5ccc(OC(F)F)cc5)CC4)ncnc3[nH]2)cc1. The standard InChI is InChI=1S/C26H25F2N5O2/c1-17-2-6-19(7-3-17)22-15-21-24(31-22)29-16-30-25(21)33-12-10-32(11-13-33)23(34)14-18-4-8-20(9-5-18)35-26(27)28/h2-9,15-16,26H,10-14H2,1H3,(H,29,30,31). The number of carbonyl (C=O) groups excluding carboxylic acids is 1. The van der Waals surface area contributed by atoms with Crippen LogP contribution in [-0.4, -0.2) is 58.5 Å². The van der Waals surface area contributed by atoms with Crippen molar-refractivity contribution in [2.75, 3.05) is 31.1 Å². The number of amides is 1. The molecular weight excluding hydrogens is 452 g/mol. The highest BCUT2D eigenvalue weighted by Gasteiger charge is 2.24. The fourth-order valence-corrected chi connectivity index (χ4v) is 4.31. The average Bonchev–Trinajstić information content (AvgIpc) is 3.30. The minimum absolute atomic E-state index is 0.00307. The molecule has 35 heavy (non-hydrogen) atoms. The minimum atomic E-state index is -2.87. The van der Waals surface area contributed by atoms with Crippen molar-refractivity contribution in [1.82, 2.24) is 19.9 Å². The van der Waals surface area contributed by atoms with Crippen molar-refractivity contribution >= 4 is 22.8 Å². The van der Waals surface area contributed by atoms with Crippen LogP contribution in [0.2, 0.25) is 0 Å². The first-order valence-corrected chi connectivity index (χ1v) is 11.4. The lowest BCUT2D eigenvalue weighted by Gasteiger charge is -2.35. The molecule has 1 saturated heterocycles. The fourth-order valence-electron chi connectivity index (χ4n) is 4.31. The lowest BCUT2D eigenvalue weighted by atomic mass is 10.1. The molecule has 9 heteroatoms. The number of hydrogen-bond donors (Lipinski definition) is 1. The van der Waals surface area contributed by atoms with Gasteiger partial charge in [-0.25, -0.2) is 9.97 Å². The highest BCUT2D eigenvalue weighted by molar-refractivity contribution is 5.92. The Kier molecular flexibility index (Phi) is 6.31. The number of carbonyl (C=O) groups is 1. The molecule has 2 aromatic heterocycles. The Hall–Kier alpha value is -4.01. The number of nitrogens with zero attached hydrogens (tertiary/aromatic N) is 4. The van der Waals surface area contributed by atoms with Crippen LogP contribution in [0, 0.1) is 6.92 Å². The molecule has 0 radical (unpaired) electrons. The number of alkyl halides is 2. The molecule has 1 aliphatic rings. The molecule has 1 N–H and O–H groups in total. The summed E-state index contributed by atoms with van der Waals surface area (Å²) in [6.45, 7) is 1.66. The van der Waals surface area contributed by atoms with E-state index in [9.17, 15) is 13.6 Å². The van der Waals surface area contributed by atoms with Gasteiger partial charge in [-0.05, 0) is 36.2 Å². The minimum Gasteiger partial charge on any atom is -0.435 e. The van der Waals surface area contributed by atoms with Crippen LogP contribution in [-0.2, 0) is 11.2 Å². The summed E-state index contributed by atoms with van der Waals surface area (Å²) in [5.74, 6) is 0.936. The Morgan fingerprint density at radius 3 is 2.43 bits per heavy atom. The summed E-state index contributed by atoms with van der Waals surface area (Å²) in [6.07, 6.45) is 1.77. The Morgan fingerprint density at radius 1 is 1.03 bits per heavy atom. The van der Waals surface area contributed by atoms with E-state index in [1.54, 1.807) is 18.5 Å². The van der Waals surface area contributed by atoms with E-state index in [1.165, 1.54) is 17.7 Å². The molecule has 7 nitrogen and oxygen atoms in total. The zero-order valence-corrected chi connectivity index (χ0v) is 19.2. The third-order valence-electron chi connectivity index (χ3n) is 6.20. The van der Waals surface area contributed by atoms with Crippen LogP contribution in [0.3, 0.4) is 0 Å². The maximum atomic E-state index is 12.8. The number of aryl methyl sites for hydroxylation is 1. The number of halogens is 2. The van der Waals surface area contributed by atoms with E-state index in [0.29, 0.717) is 26.2 Å². The molecule has 180 valence electrons. The van der Waals surface area contributed by atoms with Crippen LogP contribution in [0.15, 0.2) is 60.9 Å². The third-order valence-corrected chi connectivity index (χ3v) is 6.20. The van der Waals surface area contributed by atoms with Crippen molar-refractivity contribution in [3.8, 4) is 17.0 Å².